The van der Waals surface area contributed by atoms with E-state index in [1.165, 1.54) is 17.4 Å². The van der Waals surface area contributed by atoms with E-state index < -0.39 is 0 Å². The first kappa shape index (κ1) is 14.5. The highest BCUT2D eigenvalue weighted by molar-refractivity contribution is 7.98. The monoisotopic (exact) mass is 287 g/mol. The molecular formula is C16H17NO2S. The Labute approximate surface area is 123 Å². The number of amides is 1. The van der Waals surface area contributed by atoms with Crippen LogP contribution in [0, 0.1) is 0 Å². The predicted molar refractivity (Wildman–Crippen MR) is 83.3 cm³/mol. The number of hydrogen-bond acceptors (Lipinski definition) is 3. The van der Waals surface area contributed by atoms with E-state index in [0.717, 1.165) is 17.2 Å². The van der Waals surface area contributed by atoms with E-state index >= 15 is 0 Å². The highest BCUT2D eigenvalue weighted by Crippen LogP contribution is 2.25. The van der Waals surface area contributed by atoms with Crippen molar-refractivity contribution in [1.29, 1.82) is 0 Å². The molecule has 0 aliphatic carbocycles. The van der Waals surface area contributed by atoms with Crippen molar-refractivity contribution < 1.29 is 9.53 Å². The van der Waals surface area contributed by atoms with Gasteiger partial charge in [0.05, 0.1) is 7.11 Å². The Bertz CT molecular complexity index is 581. The summed E-state index contributed by atoms with van der Waals surface area (Å²) in [6.07, 6.45) is 0. The maximum atomic E-state index is 10.9. The maximum Gasteiger partial charge on any atom is 0.221 e. The van der Waals surface area contributed by atoms with Crippen molar-refractivity contribution in [3.05, 3.63) is 54.1 Å². The number of carbonyl (C=O) groups excluding carboxylic acids is 1. The molecule has 0 aliphatic heterocycles. The van der Waals surface area contributed by atoms with Gasteiger partial charge < -0.3 is 10.1 Å². The van der Waals surface area contributed by atoms with Crippen molar-refractivity contribution in [2.24, 2.45) is 0 Å². The van der Waals surface area contributed by atoms with E-state index in [9.17, 15) is 4.79 Å². The molecule has 3 nitrogen and oxygen atoms in total. The second-order valence-electron chi connectivity index (χ2n) is 4.35. The quantitative estimate of drug-likeness (QED) is 0.846. The van der Waals surface area contributed by atoms with Crippen molar-refractivity contribution in [3.8, 4) is 5.75 Å². The lowest BCUT2D eigenvalue weighted by atomic mass is 10.2. The Hall–Kier alpha value is -1.94. The summed E-state index contributed by atoms with van der Waals surface area (Å²) in [6.45, 7) is 1.51. The van der Waals surface area contributed by atoms with Gasteiger partial charge in [0.1, 0.15) is 5.75 Å². The summed E-state index contributed by atoms with van der Waals surface area (Å²) in [6, 6.07) is 15.9. The Morgan fingerprint density at radius 2 is 1.95 bits per heavy atom. The minimum atomic E-state index is -0.0539. The van der Waals surface area contributed by atoms with Crippen molar-refractivity contribution in [2.75, 3.05) is 12.4 Å². The molecule has 20 heavy (non-hydrogen) atoms. The van der Waals surface area contributed by atoms with Crippen LogP contribution in [0.3, 0.4) is 0 Å². The minimum absolute atomic E-state index is 0.0539. The number of benzene rings is 2. The van der Waals surface area contributed by atoms with Gasteiger partial charge in [0, 0.05) is 23.3 Å². The van der Waals surface area contributed by atoms with Gasteiger partial charge in [0.25, 0.3) is 0 Å². The van der Waals surface area contributed by atoms with Gasteiger partial charge in [-0.1, -0.05) is 12.1 Å². The fraction of sp³-hybridized carbons (Fsp3) is 0.188. The van der Waals surface area contributed by atoms with Crippen LogP contribution in [0.15, 0.2) is 53.4 Å². The molecule has 4 heteroatoms. The molecule has 0 unspecified atom stereocenters. The van der Waals surface area contributed by atoms with Crippen LogP contribution < -0.4 is 10.1 Å². The number of thioether (sulfide) groups is 1. The fourth-order valence-corrected chi connectivity index (χ4v) is 2.61. The van der Waals surface area contributed by atoms with Crippen LogP contribution in [0.2, 0.25) is 0 Å². The molecule has 0 bridgehead atoms. The van der Waals surface area contributed by atoms with E-state index in [2.05, 4.69) is 11.4 Å². The molecule has 2 aromatic carbocycles. The van der Waals surface area contributed by atoms with Gasteiger partial charge in [-0.05, 0) is 42.0 Å². The number of anilines is 1. The summed E-state index contributed by atoms with van der Waals surface area (Å²) >= 11 is 1.75. The van der Waals surface area contributed by atoms with E-state index in [-0.39, 0.29) is 5.91 Å². The third-order valence-corrected chi connectivity index (χ3v) is 3.80. The van der Waals surface area contributed by atoms with E-state index in [4.69, 9.17) is 4.74 Å². The molecule has 0 radical (unpaired) electrons. The highest BCUT2D eigenvalue weighted by Gasteiger charge is 2.00. The highest BCUT2D eigenvalue weighted by atomic mass is 32.2. The van der Waals surface area contributed by atoms with Gasteiger partial charge in [0.15, 0.2) is 0 Å². The van der Waals surface area contributed by atoms with Crippen LogP contribution in [0.25, 0.3) is 0 Å². The van der Waals surface area contributed by atoms with Crippen molar-refractivity contribution in [2.45, 2.75) is 17.6 Å². The number of rotatable bonds is 5. The van der Waals surface area contributed by atoms with Gasteiger partial charge >= 0.3 is 0 Å². The molecule has 0 saturated carbocycles. The molecule has 0 atom stereocenters. The number of ether oxygens (including phenoxy) is 1. The molecule has 1 N–H and O–H groups in total. The SMILES string of the molecule is COc1cccc(CSc2ccc(NC(C)=O)cc2)c1. The van der Waals surface area contributed by atoms with Crippen LogP contribution in [-0.4, -0.2) is 13.0 Å². The molecule has 0 heterocycles. The minimum Gasteiger partial charge on any atom is -0.497 e. The molecule has 0 aromatic heterocycles. The van der Waals surface area contributed by atoms with E-state index in [1.54, 1.807) is 18.9 Å². The standard InChI is InChI=1S/C16H17NO2S/c1-12(18)17-14-6-8-16(9-7-14)20-11-13-4-3-5-15(10-13)19-2/h3-10H,11H2,1-2H3,(H,17,18). The number of carbonyl (C=O) groups is 1. The lowest BCUT2D eigenvalue weighted by molar-refractivity contribution is -0.114. The second kappa shape index (κ2) is 7.01. The van der Waals surface area contributed by atoms with Crippen molar-refractivity contribution >= 4 is 23.4 Å². The van der Waals surface area contributed by atoms with Crippen LogP contribution in [0.1, 0.15) is 12.5 Å². The topological polar surface area (TPSA) is 38.3 Å². The van der Waals surface area contributed by atoms with Gasteiger partial charge in [-0.15, -0.1) is 11.8 Å². The molecule has 0 spiro atoms. The average molecular weight is 287 g/mol. The summed E-state index contributed by atoms with van der Waals surface area (Å²) in [5.41, 5.74) is 2.04. The fourth-order valence-electron chi connectivity index (χ4n) is 1.77. The van der Waals surface area contributed by atoms with Gasteiger partial charge in [-0.3, -0.25) is 4.79 Å². The maximum absolute atomic E-state index is 10.9. The van der Waals surface area contributed by atoms with Crippen LogP contribution in [-0.2, 0) is 10.5 Å². The first-order valence-corrected chi connectivity index (χ1v) is 7.29. The number of hydrogen-bond donors (Lipinski definition) is 1. The third kappa shape index (κ3) is 4.31. The lowest BCUT2D eigenvalue weighted by Crippen LogP contribution is -2.05. The largest absolute Gasteiger partial charge is 0.497 e. The summed E-state index contributed by atoms with van der Waals surface area (Å²) in [7, 11) is 1.67. The first-order chi connectivity index (χ1) is 9.67. The molecule has 0 fully saturated rings. The Morgan fingerprint density at radius 3 is 2.60 bits per heavy atom. The molecule has 1 amide bonds. The van der Waals surface area contributed by atoms with Crippen LogP contribution in [0.5, 0.6) is 5.75 Å². The molecule has 0 saturated heterocycles. The molecule has 0 aliphatic rings. The molecule has 2 aromatic rings. The summed E-state index contributed by atoms with van der Waals surface area (Å²) in [4.78, 5) is 12.1. The zero-order valence-corrected chi connectivity index (χ0v) is 12.4. The van der Waals surface area contributed by atoms with E-state index in [0.29, 0.717) is 0 Å². The normalized spacial score (nSPS) is 10.1. The smallest absolute Gasteiger partial charge is 0.221 e. The third-order valence-electron chi connectivity index (χ3n) is 2.71. The van der Waals surface area contributed by atoms with Gasteiger partial charge in [-0.25, -0.2) is 0 Å². The summed E-state index contributed by atoms with van der Waals surface area (Å²) in [5.74, 6) is 1.71. The predicted octanol–water partition coefficient (Wildman–Crippen LogP) is 3.95. The lowest BCUT2D eigenvalue weighted by Gasteiger charge is -2.06. The van der Waals surface area contributed by atoms with E-state index in [1.807, 2.05) is 42.5 Å². The first-order valence-electron chi connectivity index (χ1n) is 6.31. The Balaban J connectivity index is 1.94. The summed E-state index contributed by atoms with van der Waals surface area (Å²) in [5, 5.41) is 2.76. The molecule has 104 valence electrons. The van der Waals surface area contributed by atoms with Gasteiger partial charge in [-0.2, -0.15) is 0 Å². The molecular weight excluding hydrogens is 270 g/mol. The number of methoxy groups -OCH3 is 1. The number of nitrogens with one attached hydrogen (secondary N) is 1. The molecule has 2 rings (SSSR count). The van der Waals surface area contributed by atoms with Crippen molar-refractivity contribution in [3.63, 3.8) is 0 Å². The zero-order chi connectivity index (χ0) is 14.4. The van der Waals surface area contributed by atoms with Gasteiger partial charge in [0.2, 0.25) is 5.91 Å². The zero-order valence-electron chi connectivity index (χ0n) is 11.6. The Morgan fingerprint density at radius 1 is 1.20 bits per heavy atom. The van der Waals surface area contributed by atoms with Crippen LogP contribution >= 0.6 is 11.8 Å². The second-order valence-corrected chi connectivity index (χ2v) is 5.39. The average Bonchev–Trinajstić information content (AvgIpc) is 2.46. The summed E-state index contributed by atoms with van der Waals surface area (Å²) < 4.78 is 5.21. The van der Waals surface area contributed by atoms with Crippen LogP contribution in [0.4, 0.5) is 5.69 Å². The van der Waals surface area contributed by atoms with Crippen molar-refractivity contribution in [1.82, 2.24) is 0 Å². The Kier molecular flexibility index (Phi) is 5.07.